The molecule has 0 radical (unpaired) electrons. The fourth-order valence-corrected chi connectivity index (χ4v) is 2.48. The molecule has 1 aromatic rings. The van der Waals surface area contributed by atoms with Gasteiger partial charge in [0, 0.05) is 6.04 Å². The van der Waals surface area contributed by atoms with Crippen LogP contribution in [-0.4, -0.2) is 17.1 Å². The molecular weight excluding hydrogens is 218 g/mol. The maximum Gasteiger partial charge on any atom is 0.306 e. The zero-order chi connectivity index (χ0) is 12.3. The van der Waals surface area contributed by atoms with Crippen molar-refractivity contribution in [1.82, 2.24) is 5.32 Å². The molecule has 0 spiro atoms. The Balaban J connectivity index is 1.80. The second-order valence-electron chi connectivity index (χ2n) is 4.79. The van der Waals surface area contributed by atoms with E-state index in [4.69, 9.17) is 9.52 Å². The predicted octanol–water partition coefficient (Wildman–Crippen LogP) is 2.57. The van der Waals surface area contributed by atoms with E-state index in [-0.39, 0.29) is 12.0 Å². The van der Waals surface area contributed by atoms with Gasteiger partial charge in [-0.15, -0.1) is 0 Å². The molecule has 1 aliphatic rings. The van der Waals surface area contributed by atoms with E-state index in [1.54, 1.807) is 6.26 Å². The Bertz CT molecular complexity index is 353. The summed E-state index contributed by atoms with van der Waals surface area (Å²) in [6.45, 7) is 2.07. The molecule has 0 amide bonds. The smallest absolute Gasteiger partial charge is 0.306 e. The average molecular weight is 237 g/mol. The van der Waals surface area contributed by atoms with Gasteiger partial charge in [-0.05, 0) is 44.7 Å². The van der Waals surface area contributed by atoms with Crippen LogP contribution in [0.1, 0.15) is 44.4 Å². The molecule has 1 heterocycles. The number of rotatable bonds is 4. The Hall–Kier alpha value is -1.29. The number of hydrogen-bond donors (Lipinski definition) is 2. The van der Waals surface area contributed by atoms with Gasteiger partial charge in [0.25, 0.3) is 0 Å². The van der Waals surface area contributed by atoms with Crippen molar-refractivity contribution in [3.8, 4) is 0 Å². The largest absolute Gasteiger partial charge is 0.481 e. The van der Waals surface area contributed by atoms with Crippen LogP contribution in [0.15, 0.2) is 22.8 Å². The second kappa shape index (κ2) is 5.36. The number of carboxylic acids is 1. The number of nitrogens with one attached hydrogen (secondary N) is 1. The molecule has 4 heteroatoms. The Morgan fingerprint density at radius 2 is 2.18 bits per heavy atom. The second-order valence-corrected chi connectivity index (χ2v) is 4.79. The fraction of sp³-hybridized carbons (Fsp3) is 0.615. The third-order valence-corrected chi connectivity index (χ3v) is 3.53. The van der Waals surface area contributed by atoms with Gasteiger partial charge in [-0.25, -0.2) is 0 Å². The van der Waals surface area contributed by atoms with Crippen molar-refractivity contribution in [2.75, 3.05) is 0 Å². The molecule has 0 aromatic carbocycles. The third-order valence-electron chi connectivity index (χ3n) is 3.53. The Kier molecular flexibility index (Phi) is 3.84. The quantitative estimate of drug-likeness (QED) is 0.844. The molecule has 1 fully saturated rings. The Labute approximate surface area is 101 Å². The Morgan fingerprint density at radius 1 is 1.47 bits per heavy atom. The standard InChI is InChI=1S/C13H19NO3/c1-9(12-3-2-8-17-12)14-11-6-4-10(5-7-11)13(15)16/h2-3,8-11,14H,4-7H2,1H3,(H,15,16). The molecule has 0 saturated heterocycles. The van der Waals surface area contributed by atoms with E-state index in [1.807, 2.05) is 12.1 Å². The summed E-state index contributed by atoms with van der Waals surface area (Å²) >= 11 is 0. The van der Waals surface area contributed by atoms with Gasteiger partial charge in [0.1, 0.15) is 5.76 Å². The van der Waals surface area contributed by atoms with Crippen LogP contribution in [0.4, 0.5) is 0 Å². The van der Waals surface area contributed by atoms with Crippen molar-refractivity contribution < 1.29 is 14.3 Å². The fourth-order valence-electron chi connectivity index (χ4n) is 2.48. The van der Waals surface area contributed by atoms with E-state index in [1.165, 1.54) is 0 Å². The summed E-state index contributed by atoms with van der Waals surface area (Å²) in [7, 11) is 0. The van der Waals surface area contributed by atoms with Crippen LogP contribution in [-0.2, 0) is 4.79 Å². The molecule has 2 N–H and O–H groups in total. The van der Waals surface area contributed by atoms with Crippen LogP contribution in [0.5, 0.6) is 0 Å². The number of furan rings is 1. The van der Waals surface area contributed by atoms with Crippen molar-refractivity contribution in [3.63, 3.8) is 0 Å². The zero-order valence-electron chi connectivity index (χ0n) is 10.1. The molecule has 4 nitrogen and oxygen atoms in total. The first-order valence-electron chi connectivity index (χ1n) is 6.19. The molecule has 0 aliphatic heterocycles. The average Bonchev–Trinajstić information content (AvgIpc) is 2.83. The van der Waals surface area contributed by atoms with Crippen LogP contribution in [0.25, 0.3) is 0 Å². The number of carbonyl (C=O) groups is 1. The molecule has 2 rings (SSSR count). The van der Waals surface area contributed by atoms with E-state index in [9.17, 15) is 4.79 Å². The maximum absolute atomic E-state index is 10.8. The van der Waals surface area contributed by atoms with Gasteiger partial charge in [-0.3, -0.25) is 4.79 Å². The van der Waals surface area contributed by atoms with Crippen molar-refractivity contribution in [2.24, 2.45) is 5.92 Å². The molecule has 1 aromatic heterocycles. The molecular formula is C13H19NO3. The van der Waals surface area contributed by atoms with E-state index in [0.717, 1.165) is 31.4 Å². The van der Waals surface area contributed by atoms with E-state index in [0.29, 0.717) is 6.04 Å². The topological polar surface area (TPSA) is 62.5 Å². The van der Waals surface area contributed by atoms with Gasteiger partial charge in [0.05, 0.1) is 18.2 Å². The molecule has 0 bridgehead atoms. The first kappa shape index (κ1) is 12.2. The van der Waals surface area contributed by atoms with E-state index >= 15 is 0 Å². The minimum atomic E-state index is -0.650. The molecule has 17 heavy (non-hydrogen) atoms. The highest BCUT2D eigenvalue weighted by Gasteiger charge is 2.26. The predicted molar refractivity (Wildman–Crippen MR) is 63.6 cm³/mol. The zero-order valence-corrected chi connectivity index (χ0v) is 10.1. The normalized spacial score (nSPS) is 26.6. The van der Waals surface area contributed by atoms with Crippen LogP contribution in [0.2, 0.25) is 0 Å². The SMILES string of the molecule is CC(NC1CCC(C(=O)O)CC1)c1ccco1. The highest BCUT2D eigenvalue weighted by atomic mass is 16.4. The van der Waals surface area contributed by atoms with Crippen molar-refractivity contribution in [1.29, 1.82) is 0 Å². The minimum Gasteiger partial charge on any atom is -0.481 e. The van der Waals surface area contributed by atoms with Crippen molar-refractivity contribution in [3.05, 3.63) is 24.2 Å². The molecule has 1 atom stereocenters. The summed E-state index contributed by atoms with van der Waals surface area (Å²) in [5.74, 6) is 0.139. The first-order valence-corrected chi connectivity index (χ1v) is 6.19. The summed E-state index contributed by atoms with van der Waals surface area (Å²) < 4.78 is 5.34. The lowest BCUT2D eigenvalue weighted by atomic mass is 9.86. The molecule has 1 unspecified atom stereocenters. The highest BCUT2D eigenvalue weighted by molar-refractivity contribution is 5.70. The van der Waals surface area contributed by atoms with Crippen LogP contribution < -0.4 is 5.32 Å². The highest BCUT2D eigenvalue weighted by Crippen LogP contribution is 2.26. The number of hydrogen-bond acceptors (Lipinski definition) is 3. The summed E-state index contributed by atoms with van der Waals surface area (Å²) in [5.41, 5.74) is 0. The Morgan fingerprint density at radius 3 is 2.71 bits per heavy atom. The summed E-state index contributed by atoms with van der Waals surface area (Å²) in [4.78, 5) is 10.8. The van der Waals surface area contributed by atoms with E-state index < -0.39 is 5.97 Å². The first-order chi connectivity index (χ1) is 8.16. The summed E-state index contributed by atoms with van der Waals surface area (Å²) in [6.07, 6.45) is 5.09. The van der Waals surface area contributed by atoms with Crippen LogP contribution in [0, 0.1) is 5.92 Å². The van der Waals surface area contributed by atoms with Gasteiger partial charge in [-0.2, -0.15) is 0 Å². The molecule has 94 valence electrons. The van der Waals surface area contributed by atoms with Gasteiger partial charge < -0.3 is 14.8 Å². The summed E-state index contributed by atoms with van der Waals surface area (Å²) in [5, 5.41) is 12.4. The van der Waals surface area contributed by atoms with Crippen molar-refractivity contribution >= 4 is 5.97 Å². The minimum absolute atomic E-state index is 0.146. The van der Waals surface area contributed by atoms with Gasteiger partial charge in [0.15, 0.2) is 0 Å². The van der Waals surface area contributed by atoms with Gasteiger partial charge in [0.2, 0.25) is 0 Å². The molecule has 1 saturated carbocycles. The van der Waals surface area contributed by atoms with Gasteiger partial charge >= 0.3 is 5.97 Å². The lowest BCUT2D eigenvalue weighted by Gasteiger charge is -2.28. The maximum atomic E-state index is 10.8. The van der Waals surface area contributed by atoms with Crippen LogP contribution >= 0.6 is 0 Å². The monoisotopic (exact) mass is 237 g/mol. The third kappa shape index (κ3) is 3.09. The number of aliphatic carboxylic acids is 1. The van der Waals surface area contributed by atoms with Crippen molar-refractivity contribution in [2.45, 2.75) is 44.7 Å². The summed E-state index contributed by atoms with van der Waals surface area (Å²) in [6, 6.07) is 4.44. The number of carboxylic acid groups (broad SMARTS) is 1. The van der Waals surface area contributed by atoms with Gasteiger partial charge in [-0.1, -0.05) is 0 Å². The van der Waals surface area contributed by atoms with E-state index in [2.05, 4.69) is 12.2 Å². The lowest BCUT2D eigenvalue weighted by molar-refractivity contribution is -0.142. The molecule has 1 aliphatic carbocycles. The lowest BCUT2D eigenvalue weighted by Crippen LogP contribution is -2.36. The van der Waals surface area contributed by atoms with Crippen LogP contribution in [0.3, 0.4) is 0 Å².